The summed E-state index contributed by atoms with van der Waals surface area (Å²) < 4.78 is 2.60. The van der Waals surface area contributed by atoms with Crippen molar-refractivity contribution < 1.29 is 4.79 Å². The van der Waals surface area contributed by atoms with Gasteiger partial charge in [0.1, 0.15) is 0 Å². The van der Waals surface area contributed by atoms with Crippen LogP contribution in [0.2, 0.25) is 5.02 Å². The minimum atomic E-state index is -0.554. The number of amides is 1. The number of primary amides is 1. The second kappa shape index (κ2) is 5.68. The van der Waals surface area contributed by atoms with Gasteiger partial charge in [-0.2, -0.15) is 0 Å². The van der Waals surface area contributed by atoms with Gasteiger partial charge in [-0.05, 0) is 41.8 Å². The molecule has 0 aliphatic rings. The summed E-state index contributed by atoms with van der Waals surface area (Å²) in [4.78, 5) is 37.7. The van der Waals surface area contributed by atoms with Gasteiger partial charge in [0.2, 0.25) is 5.91 Å². The molecule has 5 aromatic rings. The SMILES string of the molecule is NC(=O)c1ccc(-n2c(=O)n3c(=O)c4c(Cl)cccc4c4cccc2c43)cc1. The average molecular weight is 390 g/mol. The molecule has 6 nitrogen and oxygen atoms in total. The number of carbonyl (C=O) groups excluding carboxylic acids is 1. The molecule has 0 bridgehead atoms. The standard InChI is InChI=1S/C21H12ClN3O3/c22-15-5-1-3-13-14-4-2-6-16-18(14)25(20(27)17(13)15)21(28)24(16)12-9-7-11(8-10-12)19(23)26/h1-10H,(H2,23,26). The van der Waals surface area contributed by atoms with Crippen molar-refractivity contribution in [3.05, 3.63) is 92.1 Å². The van der Waals surface area contributed by atoms with E-state index in [1.165, 1.54) is 4.57 Å². The van der Waals surface area contributed by atoms with Crippen molar-refractivity contribution in [3.8, 4) is 5.69 Å². The number of hydrogen-bond donors (Lipinski definition) is 1. The van der Waals surface area contributed by atoms with Crippen LogP contribution in [0, 0.1) is 0 Å². The summed E-state index contributed by atoms with van der Waals surface area (Å²) in [6.45, 7) is 0. The molecular weight excluding hydrogens is 378 g/mol. The van der Waals surface area contributed by atoms with Crippen molar-refractivity contribution in [2.45, 2.75) is 0 Å². The fraction of sp³-hybridized carbons (Fsp3) is 0. The van der Waals surface area contributed by atoms with Gasteiger partial charge < -0.3 is 5.73 Å². The van der Waals surface area contributed by atoms with Crippen LogP contribution in [0.4, 0.5) is 0 Å². The molecule has 0 saturated heterocycles. The molecule has 0 saturated carbocycles. The van der Waals surface area contributed by atoms with Gasteiger partial charge in [0.05, 0.1) is 27.1 Å². The fourth-order valence-electron chi connectivity index (χ4n) is 3.75. The number of nitrogens with two attached hydrogens (primary N) is 1. The first-order chi connectivity index (χ1) is 13.5. The summed E-state index contributed by atoms with van der Waals surface area (Å²) in [6, 6.07) is 17.0. The first-order valence-corrected chi connectivity index (χ1v) is 8.87. The molecule has 0 aliphatic carbocycles. The topological polar surface area (TPSA) is 86.6 Å². The number of aromatic nitrogens is 2. The molecule has 2 heterocycles. The number of nitrogens with zero attached hydrogens (tertiary/aromatic N) is 2. The van der Waals surface area contributed by atoms with Crippen LogP contribution >= 0.6 is 11.6 Å². The first-order valence-electron chi connectivity index (χ1n) is 8.49. The van der Waals surface area contributed by atoms with E-state index in [1.54, 1.807) is 42.5 Å². The van der Waals surface area contributed by atoms with Crippen LogP contribution in [0.3, 0.4) is 0 Å². The highest BCUT2D eigenvalue weighted by Gasteiger charge is 2.20. The third kappa shape index (κ3) is 2.06. The Bertz CT molecular complexity index is 1530. The lowest BCUT2D eigenvalue weighted by Gasteiger charge is -2.06. The molecule has 3 aromatic carbocycles. The fourth-order valence-corrected chi connectivity index (χ4v) is 4.01. The maximum atomic E-state index is 13.2. The van der Waals surface area contributed by atoms with E-state index in [0.717, 1.165) is 9.79 Å². The normalized spacial score (nSPS) is 11.6. The van der Waals surface area contributed by atoms with Crippen molar-refractivity contribution in [1.29, 1.82) is 0 Å². The molecular formula is C21H12ClN3O3. The Morgan fingerprint density at radius 3 is 2.29 bits per heavy atom. The number of benzene rings is 3. The van der Waals surface area contributed by atoms with Gasteiger partial charge in [0.15, 0.2) is 0 Å². The molecule has 0 radical (unpaired) electrons. The van der Waals surface area contributed by atoms with Gasteiger partial charge in [-0.3, -0.25) is 14.2 Å². The van der Waals surface area contributed by atoms with E-state index >= 15 is 0 Å². The number of carbonyl (C=O) groups is 1. The minimum absolute atomic E-state index is 0.301. The molecule has 0 fully saturated rings. The summed E-state index contributed by atoms with van der Waals surface area (Å²) >= 11 is 6.27. The Labute approximate surface area is 162 Å². The van der Waals surface area contributed by atoms with Crippen LogP contribution in [0.5, 0.6) is 0 Å². The van der Waals surface area contributed by atoms with Gasteiger partial charge in [-0.25, -0.2) is 9.20 Å². The van der Waals surface area contributed by atoms with Gasteiger partial charge >= 0.3 is 5.69 Å². The van der Waals surface area contributed by atoms with Crippen molar-refractivity contribution in [2.75, 3.05) is 0 Å². The number of pyridine rings is 1. The predicted molar refractivity (Wildman–Crippen MR) is 109 cm³/mol. The second-order valence-electron chi connectivity index (χ2n) is 6.51. The lowest BCUT2D eigenvalue weighted by atomic mass is 10.1. The summed E-state index contributed by atoms with van der Waals surface area (Å²) in [6.07, 6.45) is 0. The van der Waals surface area contributed by atoms with Gasteiger partial charge in [0.25, 0.3) is 5.56 Å². The zero-order valence-corrected chi connectivity index (χ0v) is 15.1. The molecule has 5 rings (SSSR count). The first kappa shape index (κ1) is 16.5. The molecule has 0 unspecified atom stereocenters. The highest BCUT2D eigenvalue weighted by atomic mass is 35.5. The van der Waals surface area contributed by atoms with E-state index in [-0.39, 0.29) is 0 Å². The Kier molecular flexibility index (Phi) is 3.35. The van der Waals surface area contributed by atoms with Crippen LogP contribution in [-0.4, -0.2) is 14.9 Å². The average Bonchev–Trinajstić information content (AvgIpc) is 2.99. The monoisotopic (exact) mass is 389 g/mol. The van der Waals surface area contributed by atoms with Crippen LogP contribution in [-0.2, 0) is 0 Å². The molecule has 28 heavy (non-hydrogen) atoms. The second-order valence-corrected chi connectivity index (χ2v) is 6.91. The Balaban J connectivity index is 1.99. The molecule has 1 amide bonds. The Morgan fingerprint density at radius 1 is 0.893 bits per heavy atom. The van der Waals surface area contributed by atoms with Gasteiger partial charge in [-0.15, -0.1) is 0 Å². The van der Waals surface area contributed by atoms with Crippen LogP contribution in [0.15, 0.2) is 70.3 Å². The largest absolute Gasteiger partial charge is 0.366 e. The smallest absolute Gasteiger partial charge is 0.340 e. The molecule has 0 aliphatic heterocycles. The number of fused-ring (bicyclic) bond motifs is 2. The lowest BCUT2D eigenvalue weighted by molar-refractivity contribution is 0.100. The van der Waals surface area contributed by atoms with E-state index in [9.17, 15) is 14.4 Å². The Hall–Kier alpha value is -3.64. The summed E-state index contributed by atoms with van der Waals surface area (Å²) in [7, 11) is 0. The number of hydrogen-bond acceptors (Lipinski definition) is 3. The van der Waals surface area contributed by atoms with Crippen molar-refractivity contribution in [1.82, 2.24) is 8.97 Å². The summed E-state index contributed by atoms with van der Waals surface area (Å²) in [5.41, 5.74) is 6.32. The van der Waals surface area contributed by atoms with Crippen LogP contribution < -0.4 is 17.0 Å². The van der Waals surface area contributed by atoms with Gasteiger partial charge in [0, 0.05) is 10.9 Å². The molecule has 0 atom stereocenters. The van der Waals surface area contributed by atoms with E-state index in [2.05, 4.69) is 0 Å². The van der Waals surface area contributed by atoms with E-state index in [0.29, 0.717) is 38.1 Å². The minimum Gasteiger partial charge on any atom is -0.366 e. The van der Waals surface area contributed by atoms with Crippen molar-refractivity contribution in [3.63, 3.8) is 0 Å². The molecule has 136 valence electrons. The maximum Gasteiger partial charge on any atom is 0.340 e. The number of para-hydroxylation sites is 1. The highest BCUT2D eigenvalue weighted by molar-refractivity contribution is 6.36. The third-order valence-electron chi connectivity index (χ3n) is 4.99. The predicted octanol–water partition coefficient (Wildman–Crippen LogP) is 2.95. The maximum absolute atomic E-state index is 13.2. The lowest BCUT2D eigenvalue weighted by Crippen LogP contribution is -2.28. The van der Waals surface area contributed by atoms with Crippen molar-refractivity contribution in [2.24, 2.45) is 5.73 Å². The zero-order valence-electron chi connectivity index (χ0n) is 14.3. The van der Waals surface area contributed by atoms with E-state index in [4.69, 9.17) is 17.3 Å². The summed E-state index contributed by atoms with van der Waals surface area (Å²) in [5, 5.41) is 2.08. The zero-order chi connectivity index (χ0) is 19.6. The molecule has 7 heteroatoms. The van der Waals surface area contributed by atoms with E-state index < -0.39 is 17.2 Å². The number of halogens is 1. The summed E-state index contributed by atoms with van der Waals surface area (Å²) in [5.74, 6) is -0.554. The molecule has 0 spiro atoms. The van der Waals surface area contributed by atoms with Crippen molar-refractivity contribution >= 4 is 44.7 Å². The van der Waals surface area contributed by atoms with Gasteiger partial charge in [-0.1, -0.05) is 35.9 Å². The number of rotatable bonds is 2. The molecule has 2 N–H and O–H groups in total. The van der Waals surface area contributed by atoms with E-state index in [1.807, 2.05) is 18.2 Å². The Morgan fingerprint density at radius 2 is 1.57 bits per heavy atom. The number of imidazole rings is 1. The highest BCUT2D eigenvalue weighted by Crippen LogP contribution is 2.30. The quantitative estimate of drug-likeness (QED) is 0.471. The third-order valence-corrected chi connectivity index (χ3v) is 5.31. The van der Waals surface area contributed by atoms with Crippen LogP contribution in [0.1, 0.15) is 10.4 Å². The molecule has 2 aromatic heterocycles. The van der Waals surface area contributed by atoms with Crippen LogP contribution in [0.25, 0.3) is 32.9 Å².